The van der Waals surface area contributed by atoms with Crippen LogP contribution in [0.5, 0.6) is 5.75 Å². The van der Waals surface area contributed by atoms with E-state index in [1.54, 1.807) is 17.0 Å². The normalized spacial score (nSPS) is 15.0. The molecule has 1 aliphatic rings. The molecule has 1 aliphatic heterocycles. The number of aromatic carboxylic acids is 1. The van der Waals surface area contributed by atoms with Crippen LogP contribution in [0.4, 0.5) is 4.39 Å². The summed E-state index contributed by atoms with van der Waals surface area (Å²) >= 11 is 0. The molecular weight excluding hydrogens is 327 g/mol. The average Bonchev–Trinajstić information content (AvgIpc) is 2.64. The summed E-state index contributed by atoms with van der Waals surface area (Å²) in [6, 6.07) is 7.18. The lowest BCUT2D eigenvalue weighted by Crippen LogP contribution is -2.41. The Labute approximate surface area is 143 Å². The van der Waals surface area contributed by atoms with E-state index >= 15 is 0 Å². The second-order valence-corrected chi connectivity index (χ2v) is 5.83. The third-order valence-corrected chi connectivity index (χ3v) is 4.08. The number of piperidine rings is 1. The van der Waals surface area contributed by atoms with Crippen LogP contribution in [0, 0.1) is 5.82 Å². The number of aromatic nitrogens is 1. The molecule has 1 amide bonds. The van der Waals surface area contributed by atoms with E-state index in [4.69, 9.17) is 9.84 Å². The Hall–Kier alpha value is -2.96. The minimum Gasteiger partial charge on any atom is -0.490 e. The molecule has 6 nitrogen and oxygen atoms in total. The van der Waals surface area contributed by atoms with Crippen LogP contribution in [-0.4, -0.2) is 46.1 Å². The number of carbonyl (C=O) groups excluding carboxylic acids is 1. The number of halogens is 1. The number of nitrogens with zero attached hydrogens (tertiary/aromatic N) is 2. The van der Waals surface area contributed by atoms with Crippen LogP contribution in [0.15, 0.2) is 42.7 Å². The van der Waals surface area contributed by atoms with Gasteiger partial charge in [-0.2, -0.15) is 0 Å². The van der Waals surface area contributed by atoms with Crippen molar-refractivity contribution in [3.8, 4) is 5.75 Å². The van der Waals surface area contributed by atoms with Crippen molar-refractivity contribution in [3.05, 3.63) is 59.7 Å². The highest BCUT2D eigenvalue weighted by molar-refractivity contribution is 5.97. The topological polar surface area (TPSA) is 79.7 Å². The van der Waals surface area contributed by atoms with E-state index in [0.717, 1.165) is 0 Å². The molecular formula is C18H17FN2O4. The zero-order chi connectivity index (χ0) is 17.8. The maximum absolute atomic E-state index is 12.9. The molecule has 2 heterocycles. The SMILES string of the molecule is O=C(O)c1cncc(C(=O)N2CCC(Oc3ccc(F)cc3)CC2)c1. The van der Waals surface area contributed by atoms with Gasteiger partial charge in [-0.1, -0.05) is 0 Å². The minimum absolute atomic E-state index is 0.0135. The summed E-state index contributed by atoms with van der Waals surface area (Å²) in [6.07, 6.45) is 3.83. The first-order valence-electron chi connectivity index (χ1n) is 7.93. The van der Waals surface area contributed by atoms with E-state index in [9.17, 15) is 14.0 Å². The van der Waals surface area contributed by atoms with Gasteiger partial charge in [0.05, 0.1) is 11.1 Å². The summed E-state index contributed by atoms with van der Waals surface area (Å²) in [7, 11) is 0. The van der Waals surface area contributed by atoms with Gasteiger partial charge < -0.3 is 14.7 Å². The molecule has 0 radical (unpaired) electrons. The zero-order valence-electron chi connectivity index (χ0n) is 13.4. The summed E-state index contributed by atoms with van der Waals surface area (Å²) in [5.41, 5.74) is 0.248. The lowest BCUT2D eigenvalue weighted by molar-refractivity contribution is 0.0595. The van der Waals surface area contributed by atoms with E-state index in [1.807, 2.05) is 0 Å². The second kappa shape index (κ2) is 7.29. The maximum Gasteiger partial charge on any atom is 0.337 e. The first kappa shape index (κ1) is 16.9. The molecule has 1 aromatic heterocycles. The molecule has 0 spiro atoms. The number of ether oxygens (including phenoxy) is 1. The molecule has 3 rings (SSSR count). The van der Waals surface area contributed by atoms with Crippen LogP contribution in [0.3, 0.4) is 0 Å². The van der Waals surface area contributed by atoms with Crippen LogP contribution < -0.4 is 4.74 Å². The first-order valence-corrected chi connectivity index (χ1v) is 7.93. The van der Waals surface area contributed by atoms with Gasteiger partial charge in [0, 0.05) is 38.3 Å². The quantitative estimate of drug-likeness (QED) is 0.922. The molecule has 1 fully saturated rings. The van der Waals surface area contributed by atoms with Crippen LogP contribution >= 0.6 is 0 Å². The molecule has 1 N–H and O–H groups in total. The zero-order valence-corrected chi connectivity index (χ0v) is 13.4. The molecule has 7 heteroatoms. The first-order chi connectivity index (χ1) is 12.0. The molecule has 1 saturated heterocycles. The average molecular weight is 344 g/mol. The number of hydrogen-bond donors (Lipinski definition) is 1. The summed E-state index contributed by atoms with van der Waals surface area (Å²) in [4.78, 5) is 28.9. The highest BCUT2D eigenvalue weighted by Crippen LogP contribution is 2.20. The number of amides is 1. The van der Waals surface area contributed by atoms with Crippen molar-refractivity contribution < 1.29 is 23.8 Å². The number of carboxylic acid groups (broad SMARTS) is 1. The fourth-order valence-corrected chi connectivity index (χ4v) is 2.74. The molecule has 130 valence electrons. The Bertz CT molecular complexity index is 771. The van der Waals surface area contributed by atoms with Gasteiger partial charge in [-0.25, -0.2) is 9.18 Å². The predicted octanol–water partition coefficient (Wildman–Crippen LogP) is 2.60. The van der Waals surface area contributed by atoms with E-state index in [2.05, 4.69) is 4.98 Å². The van der Waals surface area contributed by atoms with E-state index in [-0.39, 0.29) is 29.0 Å². The van der Waals surface area contributed by atoms with Crippen LogP contribution in [0.25, 0.3) is 0 Å². The van der Waals surface area contributed by atoms with E-state index in [0.29, 0.717) is 31.7 Å². The lowest BCUT2D eigenvalue weighted by Gasteiger charge is -2.32. The summed E-state index contributed by atoms with van der Waals surface area (Å²) in [5, 5.41) is 8.99. The van der Waals surface area contributed by atoms with Crippen LogP contribution in [0.1, 0.15) is 33.6 Å². The molecule has 2 aromatic rings. The van der Waals surface area contributed by atoms with Crippen molar-refractivity contribution in [2.45, 2.75) is 18.9 Å². The van der Waals surface area contributed by atoms with Gasteiger partial charge in [-0.3, -0.25) is 9.78 Å². The highest BCUT2D eigenvalue weighted by Gasteiger charge is 2.25. The molecule has 0 unspecified atom stereocenters. The number of carbonyl (C=O) groups is 2. The Morgan fingerprint density at radius 1 is 1.12 bits per heavy atom. The van der Waals surface area contributed by atoms with Gasteiger partial charge in [-0.15, -0.1) is 0 Å². The van der Waals surface area contributed by atoms with Gasteiger partial charge in [0.15, 0.2) is 0 Å². The number of hydrogen-bond acceptors (Lipinski definition) is 4. The maximum atomic E-state index is 12.9. The number of rotatable bonds is 4. The molecule has 25 heavy (non-hydrogen) atoms. The smallest absolute Gasteiger partial charge is 0.337 e. The highest BCUT2D eigenvalue weighted by atomic mass is 19.1. The fourth-order valence-electron chi connectivity index (χ4n) is 2.74. The van der Waals surface area contributed by atoms with Crippen LogP contribution in [0.2, 0.25) is 0 Å². The Balaban J connectivity index is 1.58. The Kier molecular flexibility index (Phi) is 4.92. The lowest BCUT2D eigenvalue weighted by atomic mass is 10.1. The third kappa shape index (κ3) is 4.12. The predicted molar refractivity (Wildman–Crippen MR) is 87.1 cm³/mol. The van der Waals surface area contributed by atoms with Gasteiger partial charge in [0.25, 0.3) is 5.91 Å². The van der Waals surface area contributed by atoms with Crippen molar-refractivity contribution in [2.75, 3.05) is 13.1 Å². The molecule has 1 aromatic carbocycles. The summed E-state index contributed by atoms with van der Waals surface area (Å²) in [5.74, 6) is -1.07. The third-order valence-electron chi connectivity index (χ3n) is 4.08. The van der Waals surface area contributed by atoms with E-state index in [1.165, 1.54) is 30.6 Å². The standard InChI is InChI=1S/C18H17FN2O4/c19-14-1-3-15(4-2-14)25-16-5-7-21(8-6-16)17(22)12-9-13(18(23)24)11-20-10-12/h1-4,9-11,16H,5-8H2,(H,23,24). The van der Waals surface area contributed by atoms with Gasteiger partial charge >= 0.3 is 5.97 Å². The molecule has 0 bridgehead atoms. The Morgan fingerprint density at radius 3 is 2.40 bits per heavy atom. The molecule has 0 saturated carbocycles. The van der Waals surface area contributed by atoms with Gasteiger partial charge in [0.1, 0.15) is 17.7 Å². The number of benzene rings is 1. The monoisotopic (exact) mass is 344 g/mol. The van der Waals surface area contributed by atoms with Crippen molar-refractivity contribution in [2.24, 2.45) is 0 Å². The van der Waals surface area contributed by atoms with E-state index < -0.39 is 5.97 Å². The largest absolute Gasteiger partial charge is 0.490 e. The minimum atomic E-state index is -1.12. The molecule has 0 aliphatic carbocycles. The summed E-state index contributed by atoms with van der Waals surface area (Å²) < 4.78 is 18.7. The second-order valence-electron chi connectivity index (χ2n) is 5.83. The fraction of sp³-hybridized carbons (Fsp3) is 0.278. The number of pyridine rings is 1. The number of likely N-dealkylation sites (tertiary alicyclic amines) is 1. The van der Waals surface area contributed by atoms with Crippen LogP contribution in [-0.2, 0) is 0 Å². The Morgan fingerprint density at radius 2 is 1.76 bits per heavy atom. The van der Waals surface area contributed by atoms with Crippen molar-refractivity contribution in [3.63, 3.8) is 0 Å². The summed E-state index contributed by atoms with van der Waals surface area (Å²) in [6.45, 7) is 1.00. The van der Waals surface area contributed by atoms with Gasteiger partial charge in [-0.05, 0) is 30.3 Å². The van der Waals surface area contributed by atoms with Crippen molar-refractivity contribution in [1.29, 1.82) is 0 Å². The number of carboxylic acids is 1. The van der Waals surface area contributed by atoms with Crippen molar-refractivity contribution in [1.82, 2.24) is 9.88 Å². The van der Waals surface area contributed by atoms with Crippen molar-refractivity contribution >= 4 is 11.9 Å². The molecule has 0 atom stereocenters. The van der Waals surface area contributed by atoms with Gasteiger partial charge in [0.2, 0.25) is 0 Å².